The van der Waals surface area contributed by atoms with Gasteiger partial charge in [0.15, 0.2) is 6.04 Å². The minimum Gasteiger partial charge on any atom is -0.497 e. The van der Waals surface area contributed by atoms with Gasteiger partial charge in [0.2, 0.25) is 0 Å². The van der Waals surface area contributed by atoms with Gasteiger partial charge in [-0.2, -0.15) is 12.6 Å². The third-order valence-electron chi connectivity index (χ3n) is 0.678. The molecule has 0 fully saturated rings. The summed E-state index contributed by atoms with van der Waals surface area (Å²) in [4.78, 5) is 10.0. The van der Waals surface area contributed by atoms with Gasteiger partial charge in [0.05, 0.1) is 5.75 Å². The van der Waals surface area contributed by atoms with E-state index in [1.165, 1.54) is 4.72 Å². The van der Waals surface area contributed by atoms with Crippen molar-refractivity contribution in [3.8, 4) is 0 Å². The van der Waals surface area contributed by atoms with Crippen LogP contribution in [0.25, 0.3) is 0 Å². The van der Waals surface area contributed by atoms with E-state index in [0.29, 0.717) is 0 Å². The molecule has 3 nitrogen and oxygen atoms in total. The topological polar surface area (TPSA) is 53.9 Å². The second kappa shape index (κ2) is 4.05. The standard InChI is InChI=1S/C3H7NO2S2/c5-3(6)2(1-7)4-8/h2,7H,1,4H2,(H,5,6). The molecule has 0 aliphatic carbocycles. The molecule has 0 aromatic carbocycles. The zero-order chi connectivity index (χ0) is 6.57. The number of quaternary nitrogens is 1. The number of rotatable bonds is 3. The van der Waals surface area contributed by atoms with E-state index < -0.39 is 12.0 Å². The van der Waals surface area contributed by atoms with E-state index >= 15 is 0 Å². The van der Waals surface area contributed by atoms with Crippen LogP contribution in [0.2, 0.25) is 0 Å². The Hall–Kier alpha value is 0.130. The van der Waals surface area contributed by atoms with Crippen molar-refractivity contribution < 1.29 is 14.6 Å². The summed E-state index contributed by atoms with van der Waals surface area (Å²) in [6.45, 7) is 0. The molecule has 5 heteroatoms. The Labute approximate surface area is 58.4 Å². The molecule has 0 radical (unpaired) electrons. The normalized spacial score (nSPS) is 13.2. The predicted molar refractivity (Wildman–Crippen MR) is 34.6 cm³/mol. The van der Waals surface area contributed by atoms with Crippen molar-refractivity contribution in [3.05, 3.63) is 0 Å². The van der Waals surface area contributed by atoms with Gasteiger partial charge in [0.1, 0.15) is 0 Å². The van der Waals surface area contributed by atoms with Crippen molar-refractivity contribution in [2.75, 3.05) is 5.75 Å². The van der Waals surface area contributed by atoms with Gasteiger partial charge >= 0.3 is 5.97 Å². The highest BCUT2D eigenvalue weighted by molar-refractivity contribution is 7.80. The molecule has 1 atom stereocenters. The first-order chi connectivity index (χ1) is 3.72. The van der Waals surface area contributed by atoms with Gasteiger partial charge in [-0.15, -0.1) is 0 Å². The van der Waals surface area contributed by atoms with Crippen LogP contribution in [0.4, 0.5) is 0 Å². The lowest BCUT2D eigenvalue weighted by Crippen LogP contribution is -2.87. The van der Waals surface area contributed by atoms with Gasteiger partial charge in [-0.3, -0.25) is 0 Å². The quantitative estimate of drug-likeness (QED) is 0.338. The summed E-state index contributed by atoms with van der Waals surface area (Å²) in [6, 6.07) is -0.576. The van der Waals surface area contributed by atoms with Crippen LogP contribution < -0.4 is 4.72 Å². The molecule has 0 aliphatic heterocycles. The Morgan fingerprint density at radius 1 is 2.00 bits per heavy atom. The molecule has 0 amide bonds. The van der Waals surface area contributed by atoms with Crippen LogP contribution in [0.3, 0.4) is 0 Å². The molecule has 0 saturated heterocycles. The molecular weight excluding hydrogens is 146 g/mol. The summed E-state index contributed by atoms with van der Waals surface area (Å²) in [6.07, 6.45) is 0. The van der Waals surface area contributed by atoms with E-state index in [1.807, 2.05) is 0 Å². The van der Waals surface area contributed by atoms with Crippen molar-refractivity contribution >= 4 is 31.4 Å². The van der Waals surface area contributed by atoms with Gasteiger partial charge in [0.25, 0.3) is 0 Å². The molecular formula is C3H7NO2S2. The lowest BCUT2D eigenvalue weighted by atomic mass is 10.4. The van der Waals surface area contributed by atoms with Gasteiger partial charge in [-0.1, -0.05) is 0 Å². The van der Waals surface area contributed by atoms with E-state index in [0.717, 1.165) is 0 Å². The summed E-state index contributed by atoms with van der Waals surface area (Å²) in [5.74, 6) is -0.631. The maximum atomic E-state index is 10.0. The molecule has 0 bridgehead atoms. The van der Waals surface area contributed by atoms with Crippen LogP contribution in [-0.4, -0.2) is 22.9 Å². The zero-order valence-corrected chi connectivity index (χ0v) is 5.78. The van der Waals surface area contributed by atoms with Crippen LogP contribution in [0.5, 0.6) is 0 Å². The van der Waals surface area contributed by atoms with Crippen LogP contribution in [0.1, 0.15) is 0 Å². The number of nitrogens with two attached hydrogens (primary N) is 1. The first kappa shape index (κ1) is 8.13. The van der Waals surface area contributed by atoms with E-state index in [9.17, 15) is 4.79 Å². The molecule has 48 valence electrons. The van der Waals surface area contributed by atoms with Crippen LogP contribution in [-0.2, 0) is 17.6 Å². The molecule has 0 aliphatic rings. The summed E-state index contributed by atoms with van der Waals surface area (Å²) >= 11 is 8.15. The maximum absolute atomic E-state index is 10.0. The molecule has 3 N–H and O–H groups in total. The fourth-order valence-electron chi connectivity index (χ4n) is 0.179. The average Bonchev–Trinajstić information content (AvgIpc) is 1.69. The first-order valence-electron chi connectivity index (χ1n) is 2.01. The van der Waals surface area contributed by atoms with E-state index in [2.05, 4.69) is 25.4 Å². The third kappa shape index (κ3) is 2.44. The summed E-state index contributed by atoms with van der Waals surface area (Å²) < 4.78 is 1.20. The minimum absolute atomic E-state index is 0.277. The molecule has 1 unspecified atom stereocenters. The second-order valence-electron chi connectivity index (χ2n) is 1.26. The Balaban J connectivity index is 3.52. The maximum Gasteiger partial charge on any atom is 0.361 e. The number of aliphatic carboxylic acids is 1. The number of hydrogen-bond acceptors (Lipinski definition) is 3. The molecule has 0 aromatic heterocycles. The SMILES string of the molecule is O=C(O)C(CS)[NH2+][S-]. The molecule has 0 heterocycles. The first-order valence-corrected chi connectivity index (χ1v) is 3.11. The Kier molecular flexibility index (Phi) is 4.12. The Bertz CT molecular complexity index is 83.4. The largest absolute Gasteiger partial charge is 0.497 e. The van der Waals surface area contributed by atoms with Gasteiger partial charge in [-0.05, 0) is 0 Å². The predicted octanol–water partition coefficient (Wildman–Crippen LogP) is -1.61. The molecule has 8 heavy (non-hydrogen) atoms. The van der Waals surface area contributed by atoms with Gasteiger partial charge in [0, 0.05) is 0 Å². The fraction of sp³-hybridized carbons (Fsp3) is 0.667. The van der Waals surface area contributed by atoms with E-state index in [-0.39, 0.29) is 5.75 Å². The lowest BCUT2D eigenvalue weighted by Gasteiger charge is -2.08. The summed E-state index contributed by atoms with van der Waals surface area (Å²) in [7, 11) is 0. The molecule has 0 aromatic rings. The number of carbonyl (C=O) groups is 1. The lowest BCUT2D eigenvalue weighted by molar-refractivity contribution is -0.504. The Morgan fingerprint density at radius 3 is 2.50 bits per heavy atom. The molecule has 0 saturated carbocycles. The fourth-order valence-corrected chi connectivity index (χ4v) is 0.796. The van der Waals surface area contributed by atoms with Crippen LogP contribution in [0.15, 0.2) is 0 Å². The summed E-state index contributed by atoms with van der Waals surface area (Å²) in [5, 5.41) is 8.23. The monoisotopic (exact) mass is 153 g/mol. The number of carboxylic acids is 1. The Morgan fingerprint density at radius 2 is 2.50 bits per heavy atom. The van der Waals surface area contributed by atoms with E-state index in [4.69, 9.17) is 5.11 Å². The van der Waals surface area contributed by atoms with Crippen molar-refractivity contribution in [2.24, 2.45) is 0 Å². The smallest absolute Gasteiger partial charge is 0.361 e. The van der Waals surface area contributed by atoms with Crippen LogP contribution >= 0.6 is 12.6 Å². The van der Waals surface area contributed by atoms with Crippen molar-refractivity contribution in [1.82, 2.24) is 0 Å². The highest BCUT2D eigenvalue weighted by Crippen LogP contribution is 1.78. The summed E-state index contributed by atoms with van der Waals surface area (Å²) in [5.41, 5.74) is 0. The van der Waals surface area contributed by atoms with Crippen molar-refractivity contribution in [2.45, 2.75) is 6.04 Å². The average molecular weight is 153 g/mol. The number of hydrogen-bond donors (Lipinski definition) is 3. The van der Waals surface area contributed by atoms with Crippen molar-refractivity contribution in [3.63, 3.8) is 0 Å². The number of carboxylic acid groups (broad SMARTS) is 1. The minimum atomic E-state index is -0.907. The third-order valence-corrected chi connectivity index (χ3v) is 1.40. The van der Waals surface area contributed by atoms with Gasteiger partial charge in [-0.25, -0.2) is 4.79 Å². The molecule has 0 rings (SSSR count). The van der Waals surface area contributed by atoms with Crippen molar-refractivity contribution in [1.29, 1.82) is 0 Å². The zero-order valence-electron chi connectivity index (χ0n) is 4.07. The highest BCUT2D eigenvalue weighted by atomic mass is 32.1. The number of thiol groups is 1. The molecule has 0 spiro atoms. The highest BCUT2D eigenvalue weighted by Gasteiger charge is 2.12. The van der Waals surface area contributed by atoms with E-state index in [1.54, 1.807) is 0 Å². The second-order valence-corrected chi connectivity index (χ2v) is 1.90. The van der Waals surface area contributed by atoms with Gasteiger partial charge < -0.3 is 22.6 Å². The van der Waals surface area contributed by atoms with Crippen LogP contribution in [0, 0.1) is 0 Å².